The van der Waals surface area contributed by atoms with Crippen molar-refractivity contribution in [2.75, 3.05) is 13.9 Å². The van der Waals surface area contributed by atoms with E-state index in [1.807, 2.05) is 37.3 Å². The second-order valence-corrected chi connectivity index (χ2v) is 7.40. The molecule has 2 heterocycles. The number of fused-ring (bicyclic) bond motifs is 2. The van der Waals surface area contributed by atoms with E-state index in [9.17, 15) is 9.59 Å². The molecule has 28 heavy (non-hydrogen) atoms. The van der Waals surface area contributed by atoms with Gasteiger partial charge >= 0.3 is 5.97 Å². The summed E-state index contributed by atoms with van der Waals surface area (Å²) in [6.07, 6.45) is 0.190. The van der Waals surface area contributed by atoms with Gasteiger partial charge in [0.25, 0.3) is 5.91 Å². The van der Waals surface area contributed by atoms with Crippen LogP contribution in [0, 0.1) is 6.92 Å². The lowest BCUT2D eigenvalue weighted by Crippen LogP contribution is -2.22. The van der Waals surface area contributed by atoms with Gasteiger partial charge in [-0.3, -0.25) is 9.59 Å². The minimum Gasteiger partial charge on any atom is -0.468 e. The number of aromatic nitrogens is 1. The highest BCUT2D eigenvalue weighted by molar-refractivity contribution is 7.16. The fourth-order valence-corrected chi connectivity index (χ4v) is 3.98. The second kappa shape index (κ2) is 7.47. The average molecular weight is 398 g/mol. The van der Waals surface area contributed by atoms with Crippen LogP contribution >= 0.6 is 11.3 Å². The molecule has 1 aliphatic heterocycles. The fourth-order valence-electron chi connectivity index (χ4n) is 2.92. The van der Waals surface area contributed by atoms with Crippen LogP contribution in [0.1, 0.15) is 11.1 Å². The van der Waals surface area contributed by atoms with E-state index in [2.05, 4.69) is 4.99 Å². The van der Waals surface area contributed by atoms with Gasteiger partial charge in [0, 0.05) is 12.1 Å². The van der Waals surface area contributed by atoms with Gasteiger partial charge in [-0.25, -0.2) is 0 Å². The number of hydrogen-bond donors (Lipinski definition) is 0. The molecule has 0 unspecified atom stereocenters. The average Bonchev–Trinajstić information content (AvgIpc) is 3.26. The molecule has 0 radical (unpaired) electrons. The number of thiazole rings is 1. The van der Waals surface area contributed by atoms with E-state index in [1.54, 1.807) is 10.6 Å². The van der Waals surface area contributed by atoms with Crippen LogP contribution in [0.15, 0.2) is 41.4 Å². The summed E-state index contributed by atoms with van der Waals surface area (Å²) in [5.41, 5.74) is 2.76. The van der Waals surface area contributed by atoms with E-state index in [4.69, 9.17) is 14.2 Å². The van der Waals surface area contributed by atoms with Gasteiger partial charge in [0.2, 0.25) is 6.79 Å². The number of benzene rings is 2. The minimum atomic E-state index is -0.426. The minimum absolute atomic E-state index is 0.0488. The number of carbonyl (C=O) groups excluding carboxylic acids is 2. The molecule has 0 bridgehead atoms. The Bertz CT molecular complexity index is 1130. The number of amides is 1. The third-order valence-corrected chi connectivity index (χ3v) is 5.43. The molecule has 1 aromatic heterocycles. The predicted molar refractivity (Wildman–Crippen MR) is 103 cm³/mol. The first-order valence-corrected chi connectivity index (χ1v) is 9.48. The number of methoxy groups -OCH3 is 1. The van der Waals surface area contributed by atoms with Gasteiger partial charge in [0.15, 0.2) is 16.3 Å². The molecule has 3 aromatic rings. The van der Waals surface area contributed by atoms with Crippen molar-refractivity contribution in [1.82, 2.24) is 4.57 Å². The Labute approximate surface area is 164 Å². The van der Waals surface area contributed by atoms with E-state index < -0.39 is 5.97 Å². The summed E-state index contributed by atoms with van der Waals surface area (Å²) in [6.45, 7) is 2.11. The van der Waals surface area contributed by atoms with Crippen molar-refractivity contribution in [3.05, 3.63) is 52.3 Å². The van der Waals surface area contributed by atoms with Crippen molar-refractivity contribution in [3.63, 3.8) is 0 Å². The summed E-state index contributed by atoms with van der Waals surface area (Å²) in [5.74, 6) is 0.525. The third-order valence-electron chi connectivity index (χ3n) is 4.39. The Balaban J connectivity index is 1.74. The van der Waals surface area contributed by atoms with Crippen LogP contribution in [0.5, 0.6) is 11.5 Å². The molecule has 144 valence electrons. The van der Waals surface area contributed by atoms with E-state index in [0.29, 0.717) is 16.3 Å². The van der Waals surface area contributed by atoms with E-state index in [0.717, 1.165) is 21.3 Å². The van der Waals surface area contributed by atoms with E-state index >= 15 is 0 Å². The molecule has 0 N–H and O–H groups in total. The van der Waals surface area contributed by atoms with Crippen LogP contribution in [0.2, 0.25) is 0 Å². The molecule has 0 saturated carbocycles. The fraction of sp³-hybridized carbons (Fsp3) is 0.250. The largest absolute Gasteiger partial charge is 0.468 e. The number of esters is 1. The maximum Gasteiger partial charge on any atom is 0.325 e. The molecule has 1 amide bonds. The zero-order valence-corrected chi connectivity index (χ0v) is 16.2. The number of ether oxygens (including phenoxy) is 3. The monoisotopic (exact) mass is 398 g/mol. The smallest absolute Gasteiger partial charge is 0.325 e. The molecule has 0 atom stereocenters. The lowest BCUT2D eigenvalue weighted by Gasteiger charge is -2.04. The lowest BCUT2D eigenvalue weighted by molar-refractivity contribution is -0.141. The quantitative estimate of drug-likeness (QED) is 0.631. The van der Waals surface area contributed by atoms with Crippen LogP contribution in [-0.2, 0) is 27.3 Å². The van der Waals surface area contributed by atoms with Crippen LogP contribution in [0.3, 0.4) is 0 Å². The van der Waals surface area contributed by atoms with Crippen molar-refractivity contribution < 1.29 is 23.8 Å². The maximum absolute atomic E-state index is 12.5. The molecule has 0 fully saturated rings. The third kappa shape index (κ3) is 3.63. The molecule has 8 heteroatoms. The highest BCUT2D eigenvalue weighted by atomic mass is 32.1. The van der Waals surface area contributed by atoms with Crippen molar-refractivity contribution in [3.8, 4) is 11.5 Å². The molecule has 4 rings (SSSR count). The molecular formula is C20H18N2O5S. The molecular weight excluding hydrogens is 380 g/mol. The molecule has 0 aliphatic carbocycles. The zero-order valence-electron chi connectivity index (χ0n) is 15.4. The van der Waals surface area contributed by atoms with Gasteiger partial charge in [-0.2, -0.15) is 4.99 Å². The van der Waals surface area contributed by atoms with Crippen LogP contribution < -0.4 is 14.3 Å². The Morgan fingerprint density at radius 2 is 1.89 bits per heavy atom. The molecule has 0 spiro atoms. The summed E-state index contributed by atoms with van der Waals surface area (Å²) < 4.78 is 18.1. The Morgan fingerprint density at radius 1 is 1.18 bits per heavy atom. The molecule has 0 saturated heterocycles. The number of carbonyl (C=O) groups is 2. The number of nitrogens with zero attached hydrogens (tertiary/aromatic N) is 2. The lowest BCUT2D eigenvalue weighted by atomic mass is 10.1. The maximum atomic E-state index is 12.5. The summed E-state index contributed by atoms with van der Waals surface area (Å²) in [7, 11) is 1.32. The zero-order chi connectivity index (χ0) is 19.7. The topological polar surface area (TPSA) is 79.1 Å². The molecule has 2 aromatic carbocycles. The van der Waals surface area contributed by atoms with Gasteiger partial charge in [0.1, 0.15) is 6.54 Å². The number of aryl methyl sites for hydroxylation is 1. The van der Waals surface area contributed by atoms with Crippen molar-refractivity contribution in [2.24, 2.45) is 4.99 Å². The second-order valence-electron chi connectivity index (χ2n) is 6.39. The Hall–Kier alpha value is -3.13. The van der Waals surface area contributed by atoms with Gasteiger partial charge in [-0.05, 0) is 12.5 Å². The van der Waals surface area contributed by atoms with Crippen LogP contribution in [-0.4, -0.2) is 30.3 Å². The van der Waals surface area contributed by atoms with Gasteiger partial charge in [-0.1, -0.05) is 41.2 Å². The standard InChI is InChI=1S/C20H18N2O5S/c1-12-3-5-13(6-4-12)7-18(23)21-20-22(10-19(24)25-2)14-8-15-16(27-11-26-15)9-17(14)28-20/h3-6,8-9H,7,10-11H2,1-2H3. The van der Waals surface area contributed by atoms with Crippen molar-refractivity contribution in [2.45, 2.75) is 19.9 Å². The van der Waals surface area contributed by atoms with Gasteiger partial charge in [-0.15, -0.1) is 0 Å². The summed E-state index contributed by atoms with van der Waals surface area (Å²) in [6, 6.07) is 11.4. The first-order chi connectivity index (χ1) is 13.5. The van der Waals surface area contributed by atoms with Crippen LogP contribution in [0.25, 0.3) is 10.2 Å². The first-order valence-electron chi connectivity index (χ1n) is 8.66. The van der Waals surface area contributed by atoms with E-state index in [-0.39, 0.29) is 25.7 Å². The van der Waals surface area contributed by atoms with Crippen molar-refractivity contribution in [1.29, 1.82) is 0 Å². The SMILES string of the molecule is COC(=O)Cn1c(=NC(=O)Cc2ccc(C)cc2)sc2cc3c(cc21)OCO3. The summed E-state index contributed by atoms with van der Waals surface area (Å²) >= 11 is 1.32. The van der Waals surface area contributed by atoms with Gasteiger partial charge < -0.3 is 18.8 Å². The number of hydrogen-bond acceptors (Lipinski definition) is 6. The van der Waals surface area contributed by atoms with Crippen molar-refractivity contribution >= 4 is 33.4 Å². The number of rotatable bonds is 4. The highest BCUT2D eigenvalue weighted by Gasteiger charge is 2.19. The van der Waals surface area contributed by atoms with Gasteiger partial charge in [0.05, 0.1) is 23.7 Å². The highest BCUT2D eigenvalue weighted by Crippen LogP contribution is 2.37. The first kappa shape index (κ1) is 18.2. The normalized spacial score (nSPS) is 13.1. The molecule has 1 aliphatic rings. The van der Waals surface area contributed by atoms with E-state index in [1.165, 1.54) is 18.4 Å². The summed E-state index contributed by atoms with van der Waals surface area (Å²) in [4.78, 5) is 29.1. The Morgan fingerprint density at radius 3 is 2.61 bits per heavy atom. The van der Waals surface area contributed by atoms with Crippen LogP contribution in [0.4, 0.5) is 0 Å². The molecule has 7 nitrogen and oxygen atoms in total. The Kier molecular flexibility index (Phi) is 4.87. The summed E-state index contributed by atoms with van der Waals surface area (Å²) in [5, 5.41) is 0. The predicted octanol–water partition coefficient (Wildman–Crippen LogP) is 2.58.